The maximum atomic E-state index is 7.05. The molecule has 0 spiro atoms. The van der Waals surface area contributed by atoms with Crippen LogP contribution in [0.4, 0.5) is 0 Å². The predicted molar refractivity (Wildman–Crippen MR) is 161 cm³/mol. The van der Waals surface area contributed by atoms with Gasteiger partial charge in [0.2, 0.25) is 0 Å². The molecule has 0 fully saturated rings. The van der Waals surface area contributed by atoms with Crippen molar-refractivity contribution < 1.29 is 4.42 Å². The van der Waals surface area contributed by atoms with Crippen molar-refractivity contribution in [2.45, 2.75) is 12.8 Å². The lowest BCUT2D eigenvalue weighted by Gasteiger charge is -2.15. The molecule has 0 bridgehead atoms. The van der Waals surface area contributed by atoms with Crippen LogP contribution in [0.1, 0.15) is 17.5 Å². The molecule has 1 aliphatic carbocycles. The van der Waals surface area contributed by atoms with E-state index < -0.39 is 0 Å². The number of furan rings is 1. The zero-order valence-electron chi connectivity index (χ0n) is 21.5. The van der Waals surface area contributed by atoms with Crippen molar-refractivity contribution in [1.82, 2.24) is 0 Å². The summed E-state index contributed by atoms with van der Waals surface area (Å²) in [5.74, 6) is 1.87. The molecule has 7 rings (SSSR count). The van der Waals surface area contributed by atoms with E-state index in [4.69, 9.17) is 4.42 Å². The van der Waals surface area contributed by atoms with Gasteiger partial charge in [-0.05, 0) is 47.2 Å². The zero-order valence-corrected chi connectivity index (χ0v) is 21.5. The number of hydrogen-bond donors (Lipinski definition) is 0. The monoisotopic (exact) mass is 498 g/mol. The standard InChI is InChI=1S/C38H26O/c1-4-15-27(16-5-1)30-21-10-11-22-33(30)37-34-23-12-13-24-35(34)38(39-37)36-31(28-17-6-2-7-18-28)25-14-26-32(36)29-19-8-3-9-20-29/h1-8,10-12,14-19,21-23,25-26H,13,24H2. The van der Waals surface area contributed by atoms with Gasteiger partial charge in [-0.15, -0.1) is 0 Å². The Bertz CT molecular complexity index is 1720. The van der Waals surface area contributed by atoms with Crippen molar-refractivity contribution in [1.29, 1.82) is 0 Å². The summed E-state index contributed by atoms with van der Waals surface area (Å²) < 4.78 is 7.05. The van der Waals surface area contributed by atoms with Crippen LogP contribution in [0.2, 0.25) is 0 Å². The minimum Gasteiger partial charge on any atom is -0.455 e. The maximum absolute atomic E-state index is 7.05. The number of allylic oxidation sites excluding steroid dienone is 1. The summed E-state index contributed by atoms with van der Waals surface area (Å²) in [4.78, 5) is 0. The third-order valence-corrected chi connectivity index (χ3v) is 7.47. The van der Waals surface area contributed by atoms with Crippen LogP contribution in [0.15, 0.2) is 132 Å². The molecule has 0 unspecified atom stereocenters. The summed E-state index contributed by atoms with van der Waals surface area (Å²) in [6, 6.07) is 48.7. The molecule has 0 aliphatic heterocycles. The summed E-state index contributed by atoms with van der Waals surface area (Å²) >= 11 is 0. The minimum absolute atomic E-state index is 0.924. The van der Waals surface area contributed by atoms with Crippen LogP contribution >= 0.6 is 0 Å². The lowest BCUT2D eigenvalue weighted by atomic mass is 9.86. The first-order chi connectivity index (χ1) is 19.4. The first-order valence-corrected chi connectivity index (χ1v) is 13.4. The Kier molecular flexibility index (Phi) is 5.93. The van der Waals surface area contributed by atoms with Gasteiger partial charge in [-0.25, -0.2) is 0 Å². The van der Waals surface area contributed by atoms with Gasteiger partial charge in [0.05, 0.1) is 0 Å². The Morgan fingerprint density at radius 2 is 1.23 bits per heavy atom. The Hall–Kier alpha value is -5.06. The van der Waals surface area contributed by atoms with Gasteiger partial charge < -0.3 is 4.42 Å². The number of rotatable bonds is 5. The lowest BCUT2D eigenvalue weighted by molar-refractivity contribution is 0.594. The van der Waals surface area contributed by atoms with Crippen LogP contribution in [-0.4, -0.2) is 0 Å². The molecule has 184 valence electrons. The van der Waals surface area contributed by atoms with E-state index in [0.717, 1.165) is 57.7 Å². The molecule has 1 aliphatic rings. The minimum atomic E-state index is 0.924. The van der Waals surface area contributed by atoms with E-state index in [9.17, 15) is 0 Å². The van der Waals surface area contributed by atoms with Gasteiger partial charge in [-0.3, -0.25) is 0 Å². The molecule has 1 heterocycles. The molecule has 1 nitrogen and oxygen atoms in total. The van der Waals surface area contributed by atoms with E-state index >= 15 is 0 Å². The van der Waals surface area contributed by atoms with Crippen molar-refractivity contribution >= 4 is 6.08 Å². The fourth-order valence-electron chi connectivity index (χ4n) is 5.67. The molecule has 1 heteroatoms. The Labute approximate surface area is 229 Å². The van der Waals surface area contributed by atoms with Crippen LogP contribution in [0.25, 0.3) is 62.1 Å². The van der Waals surface area contributed by atoms with E-state index in [1.165, 1.54) is 22.3 Å². The van der Waals surface area contributed by atoms with Crippen LogP contribution in [-0.2, 0) is 6.42 Å². The second-order valence-corrected chi connectivity index (χ2v) is 9.81. The van der Waals surface area contributed by atoms with Crippen LogP contribution in [0.5, 0.6) is 0 Å². The maximum Gasteiger partial charge on any atom is 0.142 e. The molecule has 0 amide bonds. The summed E-state index contributed by atoms with van der Waals surface area (Å²) in [5.41, 5.74) is 11.4. The van der Waals surface area contributed by atoms with Gasteiger partial charge in [0.25, 0.3) is 0 Å². The smallest absolute Gasteiger partial charge is 0.142 e. The molecular formula is C38H26O. The van der Waals surface area contributed by atoms with Crippen molar-refractivity contribution in [2.24, 2.45) is 0 Å². The second-order valence-electron chi connectivity index (χ2n) is 9.81. The molecular weight excluding hydrogens is 472 g/mol. The quantitative estimate of drug-likeness (QED) is 0.230. The van der Waals surface area contributed by atoms with E-state index in [0.29, 0.717) is 0 Å². The molecule has 39 heavy (non-hydrogen) atoms. The third-order valence-electron chi connectivity index (χ3n) is 7.47. The van der Waals surface area contributed by atoms with Gasteiger partial charge in [-0.2, -0.15) is 0 Å². The van der Waals surface area contributed by atoms with Crippen molar-refractivity contribution in [3.63, 3.8) is 0 Å². The molecule has 0 radical (unpaired) electrons. The average Bonchev–Trinajstić information content (AvgIpc) is 3.41. The summed E-state index contributed by atoms with van der Waals surface area (Å²) in [6.45, 7) is 0. The molecule has 1 aromatic heterocycles. The Balaban J connectivity index is 1.53. The van der Waals surface area contributed by atoms with E-state index in [1.54, 1.807) is 0 Å². The Morgan fingerprint density at radius 3 is 1.97 bits per heavy atom. The molecule has 0 atom stereocenters. The average molecular weight is 499 g/mol. The first-order valence-electron chi connectivity index (χ1n) is 13.4. The topological polar surface area (TPSA) is 13.1 Å². The van der Waals surface area contributed by atoms with E-state index in [-0.39, 0.29) is 0 Å². The summed E-state index contributed by atoms with van der Waals surface area (Å²) in [5, 5.41) is 0. The highest BCUT2D eigenvalue weighted by Gasteiger charge is 2.27. The number of hydrogen-bond acceptors (Lipinski definition) is 1. The first kappa shape index (κ1) is 23.1. The molecule has 0 saturated carbocycles. The van der Waals surface area contributed by atoms with Crippen LogP contribution in [0, 0.1) is 12.1 Å². The van der Waals surface area contributed by atoms with Gasteiger partial charge in [0, 0.05) is 33.4 Å². The lowest BCUT2D eigenvalue weighted by Crippen LogP contribution is -1.96. The Morgan fingerprint density at radius 1 is 0.564 bits per heavy atom. The SMILES string of the molecule is c1cccc(-c2cccc(-c3ccccc3)c2-c2oc(-c3ccccc3-c3ccccc3)c3c2CCC=C3)c#1. The fraction of sp³-hybridized carbons (Fsp3) is 0.0526. The second kappa shape index (κ2) is 10.0. The highest BCUT2D eigenvalue weighted by atomic mass is 16.3. The van der Waals surface area contributed by atoms with Crippen molar-refractivity contribution in [2.75, 3.05) is 0 Å². The summed E-state index contributed by atoms with van der Waals surface area (Å²) in [6.07, 6.45) is 6.44. The molecule has 6 aromatic rings. The van der Waals surface area contributed by atoms with E-state index in [1.807, 2.05) is 12.1 Å². The normalized spacial score (nSPS) is 12.1. The van der Waals surface area contributed by atoms with E-state index in [2.05, 4.69) is 133 Å². The van der Waals surface area contributed by atoms with Crippen molar-refractivity contribution in [3.8, 4) is 56.0 Å². The molecule has 0 saturated heterocycles. The third kappa shape index (κ3) is 4.17. The van der Waals surface area contributed by atoms with Crippen LogP contribution in [0.3, 0.4) is 0 Å². The van der Waals surface area contributed by atoms with Crippen molar-refractivity contribution in [3.05, 3.63) is 151 Å². The van der Waals surface area contributed by atoms with Gasteiger partial charge in [-0.1, -0.05) is 133 Å². The largest absolute Gasteiger partial charge is 0.455 e. The highest BCUT2D eigenvalue weighted by molar-refractivity contribution is 5.96. The summed E-state index contributed by atoms with van der Waals surface area (Å²) in [7, 11) is 0. The van der Waals surface area contributed by atoms with Gasteiger partial charge >= 0.3 is 0 Å². The zero-order chi connectivity index (χ0) is 26.0. The van der Waals surface area contributed by atoms with Gasteiger partial charge in [0.15, 0.2) is 0 Å². The number of benzene rings is 4. The highest BCUT2D eigenvalue weighted by Crippen LogP contribution is 2.48. The molecule has 0 N–H and O–H groups in total. The number of fused-ring (bicyclic) bond motifs is 1. The molecule has 5 aromatic carbocycles. The van der Waals surface area contributed by atoms with Crippen LogP contribution < -0.4 is 0 Å². The van der Waals surface area contributed by atoms with Gasteiger partial charge in [0.1, 0.15) is 11.5 Å². The predicted octanol–water partition coefficient (Wildman–Crippen LogP) is 10.2. The fourth-order valence-corrected chi connectivity index (χ4v) is 5.67.